The third-order valence-electron chi connectivity index (χ3n) is 6.30. The van der Waals surface area contributed by atoms with Crippen LogP contribution in [0.25, 0.3) is 11.0 Å². The van der Waals surface area contributed by atoms with Gasteiger partial charge in [0.05, 0.1) is 11.9 Å². The van der Waals surface area contributed by atoms with E-state index in [1.54, 1.807) is 6.07 Å². The minimum absolute atomic E-state index is 0. The van der Waals surface area contributed by atoms with E-state index in [9.17, 15) is 4.39 Å². The molecule has 3 heterocycles. The van der Waals surface area contributed by atoms with Crippen molar-refractivity contribution in [2.45, 2.75) is 44.9 Å². The van der Waals surface area contributed by atoms with Crippen molar-refractivity contribution in [2.75, 3.05) is 13.1 Å². The van der Waals surface area contributed by atoms with Gasteiger partial charge >= 0.3 is 0 Å². The van der Waals surface area contributed by atoms with Crippen LogP contribution in [0.5, 0.6) is 0 Å². The van der Waals surface area contributed by atoms with Gasteiger partial charge in [-0.25, -0.2) is 4.39 Å². The van der Waals surface area contributed by atoms with E-state index in [4.69, 9.17) is 4.52 Å². The van der Waals surface area contributed by atoms with Crippen molar-refractivity contribution < 1.29 is 8.91 Å². The van der Waals surface area contributed by atoms with E-state index in [1.165, 1.54) is 23.3 Å². The molecule has 7 heteroatoms. The molecule has 0 bridgehead atoms. The summed E-state index contributed by atoms with van der Waals surface area (Å²) < 4.78 is 18.7. The zero-order valence-electron chi connectivity index (χ0n) is 16.4. The van der Waals surface area contributed by atoms with Gasteiger partial charge in [0.15, 0.2) is 5.58 Å². The molecule has 0 radical (unpaired) electrons. The summed E-state index contributed by atoms with van der Waals surface area (Å²) in [6.07, 6.45) is 2.55. The first kappa shape index (κ1) is 22.0. The molecular weight excluding hydrogens is 412 g/mol. The predicted octanol–water partition coefficient (Wildman–Crippen LogP) is 5.35. The lowest BCUT2D eigenvalue weighted by molar-refractivity contribution is 0.0340. The fraction of sp³-hybridized carbons (Fsp3) is 0.409. The van der Waals surface area contributed by atoms with Crippen LogP contribution in [0.15, 0.2) is 47.0 Å². The molecule has 1 atom stereocenters. The number of halogens is 3. The summed E-state index contributed by atoms with van der Waals surface area (Å²) in [6.45, 7) is 6.50. The Balaban J connectivity index is 0.00000120. The third kappa shape index (κ3) is 4.15. The highest BCUT2D eigenvalue weighted by atomic mass is 35.5. The molecule has 29 heavy (non-hydrogen) atoms. The number of rotatable bonds is 3. The SMILES string of the molecule is CC(N1CCC(c2noc3cc(F)ccc23)CC1)N1Cc2ccccc2C1.Cl.Cl. The molecule has 0 saturated carbocycles. The normalized spacial score (nSPS) is 18.8. The second-order valence-electron chi connectivity index (χ2n) is 7.82. The van der Waals surface area contributed by atoms with Crippen LogP contribution in [0.3, 0.4) is 0 Å². The van der Waals surface area contributed by atoms with E-state index >= 15 is 0 Å². The van der Waals surface area contributed by atoms with E-state index in [0.717, 1.165) is 50.1 Å². The Morgan fingerprint density at radius 3 is 2.31 bits per heavy atom. The minimum atomic E-state index is -0.277. The standard InChI is InChI=1S/C22H24FN3O.2ClH/c1-15(26-13-17-4-2-3-5-18(17)14-26)25-10-8-16(9-11-25)22-20-7-6-19(23)12-21(20)27-24-22;;/h2-7,12,15-16H,8-11,13-14H2,1H3;2*1H. The van der Waals surface area contributed by atoms with Crippen molar-refractivity contribution in [3.63, 3.8) is 0 Å². The summed E-state index contributed by atoms with van der Waals surface area (Å²) in [5.41, 5.74) is 4.46. The van der Waals surface area contributed by atoms with Crippen LogP contribution in [0, 0.1) is 5.82 Å². The van der Waals surface area contributed by atoms with E-state index in [0.29, 0.717) is 17.7 Å². The monoisotopic (exact) mass is 437 g/mol. The molecule has 3 aromatic rings. The molecule has 0 aliphatic carbocycles. The van der Waals surface area contributed by atoms with Crippen molar-refractivity contribution in [3.8, 4) is 0 Å². The van der Waals surface area contributed by atoms with E-state index in [-0.39, 0.29) is 30.6 Å². The lowest BCUT2D eigenvalue weighted by Crippen LogP contribution is -2.47. The molecule has 1 saturated heterocycles. The molecule has 0 N–H and O–H groups in total. The fourth-order valence-electron chi connectivity index (χ4n) is 4.63. The Morgan fingerprint density at radius 1 is 1.00 bits per heavy atom. The molecule has 2 aliphatic heterocycles. The summed E-state index contributed by atoms with van der Waals surface area (Å²) in [5, 5.41) is 5.22. The Kier molecular flexibility index (Phi) is 6.84. The predicted molar refractivity (Wildman–Crippen MR) is 117 cm³/mol. The zero-order valence-corrected chi connectivity index (χ0v) is 18.0. The number of aromatic nitrogens is 1. The second-order valence-corrected chi connectivity index (χ2v) is 7.82. The Labute approximate surface area is 182 Å². The van der Waals surface area contributed by atoms with Crippen molar-refractivity contribution in [1.82, 2.24) is 15.0 Å². The van der Waals surface area contributed by atoms with Crippen molar-refractivity contribution in [1.29, 1.82) is 0 Å². The molecular formula is C22H26Cl2FN3O. The van der Waals surface area contributed by atoms with Crippen LogP contribution in [0.1, 0.15) is 42.5 Å². The van der Waals surface area contributed by atoms with Gasteiger partial charge in [-0.2, -0.15) is 0 Å². The molecule has 156 valence electrons. The average Bonchev–Trinajstić information content (AvgIpc) is 3.31. The quantitative estimate of drug-likeness (QED) is 0.552. The topological polar surface area (TPSA) is 32.5 Å². The number of piperidine rings is 1. The first-order chi connectivity index (χ1) is 13.2. The number of likely N-dealkylation sites (tertiary alicyclic amines) is 1. The van der Waals surface area contributed by atoms with Gasteiger partial charge in [-0.1, -0.05) is 29.4 Å². The van der Waals surface area contributed by atoms with Crippen molar-refractivity contribution >= 4 is 35.8 Å². The van der Waals surface area contributed by atoms with Crippen LogP contribution in [-0.2, 0) is 13.1 Å². The summed E-state index contributed by atoms with van der Waals surface area (Å²) in [4.78, 5) is 5.13. The highest BCUT2D eigenvalue weighted by Crippen LogP contribution is 2.34. The molecule has 4 nitrogen and oxygen atoms in total. The zero-order chi connectivity index (χ0) is 18.4. The average molecular weight is 438 g/mol. The van der Waals surface area contributed by atoms with Crippen molar-refractivity contribution in [3.05, 3.63) is 65.1 Å². The highest BCUT2D eigenvalue weighted by molar-refractivity contribution is 5.85. The summed E-state index contributed by atoms with van der Waals surface area (Å²) in [7, 11) is 0. The van der Waals surface area contributed by atoms with E-state index < -0.39 is 0 Å². The number of hydrogen-bond donors (Lipinski definition) is 0. The Morgan fingerprint density at radius 2 is 1.66 bits per heavy atom. The third-order valence-corrected chi connectivity index (χ3v) is 6.30. The van der Waals surface area contributed by atoms with E-state index in [2.05, 4.69) is 46.1 Å². The smallest absolute Gasteiger partial charge is 0.170 e. The minimum Gasteiger partial charge on any atom is -0.356 e. The molecule has 2 aromatic carbocycles. The van der Waals surface area contributed by atoms with Gasteiger partial charge < -0.3 is 4.52 Å². The summed E-state index contributed by atoms with van der Waals surface area (Å²) >= 11 is 0. The lowest BCUT2D eigenvalue weighted by atomic mass is 9.91. The number of hydrogen-bond acceptors (Lipinski definition) is 4. The summed E-state index contributed by atoms with van der Waals surface area (Å²) in [5.74, 6) is 0.108. The molecule has 5 rings (SSSR count). The van der Waals surface area contributed by atoms with Crippen LogP contribution in [-0.4, -0.2) is 34.2 Å². The Hall–Kier alpha value is -1.66. The van der Waals surface area contributed by atoms with Gasteiger partial charge in [0.2, 0.25) is 0 Å². The van der Waals surface area contributed by atoms with E-state index in [1.807, 2.05) is 0 Å². The van der Waals surface area contributed by atoms with Crippen LogP contribution >= 0.6 is 24.8 Å². The first-order valence-electron chi connectivity index (χ1n) is 9.79. The van der Waals surface area contributed by atoms with Gasteiger partial charge in [0.1, 0.15) is 5.82 Å². The molecule has 2 aliphatic rings. The van der Waals surface area contributed by atoms with Gasteiger partial charge in [-0.05, 0) is 43.0 Å². The fourth-order valence-corrected chi connectivity index (χ4v) is 4.63. The first-order valence-corrected chi connectivity index (χ1v) is 9.79. The van der Waals surface area contributed by atoms with Gasteiger partial charge in [0, 0.05) is 43.5 Å². The maximum absolute atomic E-state index is 13.4. The van der Waals surface area contributed by atoms with Gasteiger partial charge in [-0.3, -0.25) is 9.80 Å². The maximum Gasteiger partial charge on any atom is 0.170 e. The molecule has 0 amide bonds. The molecule has 1 unspecified atom stereocenters. The van der Waals surface area contributed by atoms with Crippen LogP contribution in [0.2, 0.25) is 0 Å². The number of fused-ring (bicyclic) bond motifs is 2. The molecule has 1 fully saturated rings. The lowest BCUT2D eigenvalue weighted by Gasteiger charge is -2.39. The second kappa shape index (κ2) is 9.00. The largest absolute Gasteiger partial charge is 0.356 e. The van der Waals surface area contributed by atoms with Gasteiger partial charge in [0.25, 0.3) is 0 Å². The number of nitrogens with zero attached hydrogens (tertiary/aromatic N) is 3. The molecule has 0 spiro atoms. The number of benzene rings is 2. The van der Waals surface area contributed by atoms with Gasteiger partial charge in [-0.15, -0.1) is 24.8 Å². The molecule has 1 aromatic heterocycles. The summed E-state index contributed by atoms with van der Waals surface area (Å²) in [6, 6.07) is 13.5. The van der Waals surface area contributed by atoms with Crippen LogP contribution in [0.4, 0.5) is 4.39 Å². The maximum atomic E-state index is 13.4. The Bertz CT molecular complexity index is 947. The van der Waals surface area contributed by atoms with Crippen molar-refractivity contribution in [2.24, 2.45) is 0 Å². The highest BCUT2D eigenvalue weighted by Gasteiger charge is 2.31. The van der Waals surface area contributed by atoms with Crippen LogP contribution < -0.4 is 0 Å².